The molecular weight excluding hydrogens is 228 g/mol. The minimum absolute atomic E-state index is 0.0425. The number of hydrogen-bond acceptors (Lipinski definition) is 1. The van der Waals surface area contributed by atoms with Crippen LogP contribution in [0.4, 0.5) is 17.6 Å². The lowest BCUT2D eigenvalue weighted by Crippen LogP contribution is -2.08. The largest absolute Gasteiger partial charge is 0.389 e. The molecule has 0 aliphatic rings. The summed E-state index contributed by atoms with van der Waals surface area (Å²) in [6.07, 6.45) is -4.87. The molecule has 0 amide bonds. The zero-order valence-corrected chi connectivity index (χ0v) is 8.67. The fourth-order valence-corrected chi connectivity index (χ4v) is 1.91. The SMILES string of the molecule is Fc1ccc(CSCCC(F)(F)F)cc1. The molecule has 0 spiro atoms. The van der Waals surface area contributed by atoms with E-state index in [9.17, 15) is 17.6 Å². The zero-order valence-electron chi connectivity index (χ0n) is 7.85. The maximum absolute atomic E-state index is 12.5. The quantitative estimate of drug-likeness (QED) is 0.564. The van der Waals surface area contributed by atoms with Crippen LogP contribution in [0.3, 0.4) is 0 Å². The Hall–Kier alpha value is -0.710. The highest BCUT2D eigenvalue weighted by Gasteiger charge is 2.25. The second-order valence-corrected chi connectivity index (χ2v) is 4.15. The fourth-order valence-electron chi connectivity index (χ4n) is 0.959. The van der Waals surface area contributed by atoms with Crippen LogP contribution in [0.25, 0.3) is 0 Å². The molecule has 84 valence electrons. The van der Waals surface area contributed by atoms with Gasteiger partial charge in [0.2, 0.25) is 0 Å². The average molecular weight is 238 g/mol. The minimum atomic E-state index is -4.09. The molecule has 0 nitrogen and oxygen atoms in total. The number of halogens is 4. The Morgan fingerprint density at radius 3 is 2.20 bits per heavy atom. The van der Waals surface area contributed by atoms with E-state index in [1.165, 1.54) is 23.9 Å². The van der Waals surface area contributed by atoms with E-state index < -0.39 is 12.6 Å². The van der Waals surface area contributed by atoms with Crippen LogP contribution in [0.5, 0.6) is 0 Å². The maximum Gasteiger partial charge on any atom is 0.389 e. The van der Waals surface area contributed by atoms with Gasteiger partial charge in [-0.1, -0.05) is 12.1 Å². The molecule has 5 heteroatoms. The van der Waals surface area contributed by atoms with Gasteiger partial charge in [0.05, 0.1) is 6.42 Å². The maximum atomic E-state index is 12.5. The van der Waals surface area contributed by atoms with E-state index in [1.54, 1.807) is 12.1 Å². The molecule has 0 heterocycles. The molecule has 0 fully saturated rings. The standard InChI is InChI=1S/C10H10F4S/c11-9-3-1-8(2-4-9)7-15-6-5-10(12,13)14/h1-4H,5-7H2. The molecule has 0 saturated carbocycles. The van der Waals surface area contributed by atoms with Gasteiger partial charge in [-0.25, -0.2) is 4.39 Å². The van der Waals surface area contributed by atoms with E-state index in [0.29, 0.717) is 5.75 Å². The van der Waals surface area contributed by atoms with Crippen LogP contribution < -0.4 is 0 Å². The zero-order chi connectivity index (χ0) is 11.3. The topological polar surface area (TPSA) is 0 Å². The number of benzene rings is 1. The second kappa shape index (κ2) is 5.39. The van der Waals surface area contributed by atoms with Crippen molar-refractivity contribution >= 4 is 11.8 Å². The number of thioether (sulfide) groups is 1. The Morgan fingerprint density at radius 1 is 1.07 bits per heavy atom. The Kier molecular flexibility index (Phi) is 4.45. The Balaban J connectivity index is 2.23. The summed E-state index contributed by atoms with van der Waals surface area (Å²) in [7, 11) is 0. The van der Waals surface area contributed by atoms with Crippen LogP contribution >= 0.6 is 11.8 Å². The molecule has 0 aromatic heterocycles. The first kappa shape index (κ1) is 12.4. The van der Waals surface area contributed by atoms with Crippen molar-refractivity contribution < 1.29 is 17.6 Å². The summed E-state index contributed by atoms with van der Waals surface area (Å²) in [6.45, 7) is 0. The molecule has 1 aromatic carbocycles. The molecule has 0 bridgehead atoms. The smallest absolute Gasteiger partial charge is 0.207 e. The third-order valence-electron chi connectivity index (χ3n) is 1.71. The predicted octanol–water partition coefficient (Wildman–Crippen LogP) is 4.01. The molecule has 15 heavy (non-hydrogen) atoms. The molecule has 0 saturated heterocycles. The highest BCUT2D eigenvalue weighted by atomic mass is 32.2. The van der Waals surface area contributed by atoms with Crippen molar-refractivity contribution in [1.29, 1.82) is 0 Å². The van der Waals surface area contributed by atoms with Crippen LogP contribution in [-0.4, -0.2) is 11.9 Å². The molecule has 0 aliphatic carbocycles. The average Bonchev–Trinajstić information content (AvgIpc) is 2.14. The minimum Gasteiger partial charge on any atom is -0.207 e. The first-order chi connectivity index (χ1) is 6.97. The van der Waals surface area contributed by atoms with Gasteiger partial charge in [0, 0.05) is 11.5 Å². The molecular formula is C10H10F4S. The van der Waals surface area contributed by atoms with Gasteiger partial charge in [-0.15, -0.1) is 0 Å². The van der Waals surface area contributed by atoms with Crippen molar-refractivity contribution in [3.63, 3.8) is 0 Å². The van der Waals surface area contributed by atoms with Crippen molar-refractivity contribution in [2.45, 2.75) is 18.3 Å². The highest BCUT2D eigenvalue weighted by Crippen LogP contribution is 2.23. The Bertz CT molecular complexity index is 291. The van der Waals surface area contributed by atoms with Gasteiger partial charge in [-0.05, 0) is 17.7 Å². The Morgan fingerprint density at radius 2 is 1.67 bits per heavy atom. The Labute approximate surface area is 89.7 Å². The summed E-state index contributed by atoms with van der Waals surface area (Å²) in [4.78, 5) is 0. The van der Waals surface area contributed by atoms with Crippen LogP contribution in [0, 0.1) is 5.82 Å². The molecule has 0 radical (unpaired) electrons. The van der Waals surface area contributed by atoms with Gasteiger partial charge in [0.25, 0.3) is 0 Å². The van der Waals surface area contributed by atoms with E-state index in [4.69, 9.17) is 0 Å². The summed E-state index contributed by atoms with van der Waals surface area (Å²) in [5.74, 6) is 0.191. The molecule has 0 aliphatic heterocycles. The van der Waals surface area contributed by atoms with Crippen LogP contribution in [0.2, 0.25) is 0 Å². The summed E-state index contributed by atoms with van der Waals surface area (Å²) in [6, 6.07) is 5.77. The van der Waals surface area contributed by atoms with E-state index >= 15 is 0 Å². The van der Waals surface area contributed by atoms with Gasteiger partial charge >= 0.3 is 6.18 Å². The second-order valence-electron chi connectivity index (χ2n) is 3.04. The summed E-state index contributed by atoms with van der Waals surface area (Å²) in [5.41, 5.74) is 0.837. The number of rotatable bonds is 4. The third kappa shape index (κ3) is 5.67. The number of hydrogen-bond donors (Lipinski definition) is 0. The summed E-state index contributed by atoms with van der Waals surface area (Å²) in [5, 5.41) is 0. The van der Waals surface area contributed by atoms with Crippen LogP contribution in [-0.2, 0) is 5.75 Å². The van der Waals surface area contributed by atoms with Crippen LogP contribution in [0.1, 0.15) is 12.0 Å². The van der Waals surface area contributed by atoms with E-state index in [1.807, 2.05) is 0 Å². The van der Waals surface area contributed by atoms with Crippen LogP contribution in [0.15, 0.2) is 24.3 Å². The van der Waals surface area contributed by atoms with E-state index in [0.717, 1.165) is 5.56 Å². The lowest BCUT2D eigenvalue weighted by molar-refractivity contribution is -0.129. The van der Waals surface area contributed by atoms with Gasteiger partial charge < -0.3 is 0 Å². The monoisotopic (exact) mass is 238 g/mol. The molecule has 0 N–H and O–H groups in total. The summed E-state index contributed by atoms with van der Waals surface area (Å²) < 4.78 is 47.8. The van der Waals surface area contributed by atoms with E-state index in [2.05, 4.69) is 0 Å². The van der Waals surface area contributed by atoms with Gasteiger partial charge in [0.15, 0.2) is 0 Å². The van der Waals surface area contributed by atoms with Crippen molar-refractivity contribution in [2.75, 3.05) is 5.75 Å². The number of alkyl halides is 3. The lowest BCUT2D eigenvalue weighted by atomic mass is 10.2. The van der Waals surface area contributed by atoms with Crippen molar-refractivity contribution in [3.8, 4) is 0 Å². The normalized spacial score (nSPS) is 11.7. The summed E-state index contributed by atoms with van der Waals surface area (Å²) >= 11 is 1.20. The fraction of sp³-hybridized carbons (Fsp3) is 0.400. The molecule has 0 atom stereocenters. The van der Waals surface area contributed by atoms with Crippen molar-refractivity contribution in [3.05, 3.63) is 35.6 Å². The third-order valence-corrected chi connectivity index (χ3v) is 2.74. The van der Waals surface area contributed by atoms with Gasteiger partial charge in [-0.2, -0.15) is 24.9 Å². The predicted molar refractivity (Wildman–Crippen MR) is 53.2 cm³/mol. The molecule has 1 aromatic rings. The molecule has 0 unspecified atom stereocenters. The first-order valence-corrected chi connectivity index (χ1v) is 5.52. The highest BCUT2D eigenvalue weighted by molar-refractivity contribution is 7.98. The van der Waals surface area contributed by atoms with Gasteiger partial charge in [-0.3, -0.25) is 0 Å². The molecule has 1 rings (SSSR count). The van der Waals surface area contributed by atoms with Crippen molar-refractivity contribution in [2.24, 2.45) is 0 Å². The first-order valence-electron chi connectivity index (χ1n) is 4.36. The van der Waals surface area contributed by atoms with Gasteiger partial charge in [0.1, 0.15) is 5.82 Å². The van der Waals surface area contributed by atoms with Crippen molar-refractivity contribution in [1.82, 2.24) is 0 Å². The van der Waals surface area contributed by atoms with E-state index in [-0.39, 0.29) is 11.6 Å². The lowest BCUT2D eigenvalue weighted by Gasteiger charge is -2.05.